The van der Waals surface area contributed by atoms with E-state index in [1.807, 2.05) is 65.4 Å². The number of para-hydroxylation sites is 1. The molecule has 4 rings (SSSR count). The van der Waals surface area contributed by atoms with Gasteiger partial charge in [-0.05, 0) is 48.7 Å². The summed E-state index contributed by atoms with van der Waals surface area (Å²) < 4.78 is 12.7. The Labute approximate surface area is 181 Å². The molecule has 0 unspecified atom stereocenters. The van der Waals surface area contributed by atoms with E-state index in [1.165, 1.54) is 0 Å². The summed E-state index contributed by atoms with van der Waals surface area (Å²) in [6.07, 6.45) is 1.28. The van der Waals surface area contributed by atoms with Crippen molar-refractivity contribution in [2.45, 2.75) is 26.0 Å². The zero-order valence-electron chi connectivity index (χ0n) is 17.6. The van der Waals surface area contributed by atoms with E-state index in [0.29, 0.717) is 12.2 Å². The Morgan fingerprint density at radius 1 is 1.06 bits per heavy atom. The number of morpholine rings is 1. The molecule has 0 bridgehead atoms. The molecule has 0 spiro atoms. The first-order chi connectivity index (χ1) is 15.1. The van der Waals surface area contributed by atoms with Gasteiger partial charge in [0.1, 0.15) is 0 Å². The van der Waals surface area contributed by atoms with Crippen molar-refractivity contribution in [3.05, 3.63) is 60.8 Å². The molecule has 7 heteroatoms. The monoisotopic (exact) mass is 421 g/mol. The second-order valence-electron chi connectivity index (χ2n) is 7.59. The van der Waals surface area contributed by atoms with Gasteiger partial charge in [-0.15, -0.1) is 0 Å². The van der Waals surface area contributed by atoms with Crippen LogP contribution in [0.3, 0.4) is 0 Å². The van der Waals surface area contributed by atoms with Gasteiger partial charge in [0, 0.05) is 42.7 Å². The number of anilines is 2. The largest absolute Gasteiger partial charge is 0.452 e. The zero-order chi connectivity index (χ0) is 21.6. The number of esters is 1. The normalized spacial score (nSPS) is 14.9. The first kappa shape index (κ1) is 20.9. The highest BCUT2D eigenvalue weighted by atomic mass is 16.5. The minimum atomic E-state index is -0.868. The van der Waals surface area contributed by atoms with E-state index in [9.17, 15) is 9.59 Å². The predicted molar refractivity (Wildman–Crippen MR) is 120 cm³/mol. The van der Waals surface area contributed by atoms with Gasteiger partial charge < -0.3 is 24.3 Å². The van der Waals surface area contributed by atoms with E-state index < -0.39 is 12.1 Å². The Bertz CT molecular complexity index is 1040. The number of nitrogens with one attached hydrogen (secondary N) is 1. The standard InChI is InChI=1S/C24H27N3O4/c1-18(31-23(28)11-13-27-12-10-19-4-2-3-5-22(19)27)24(29)25-20-6-8-21(9-7-20)26-14-16-30-17-15-26/h2-10,12,18H,11,13-17H2,1H3,(H,25,29)/t18-/m1/s1. The van der Waals surface area contributed by atoms with Crippen molar-refractivity contribution < 1.29 is 19.1 Å². The number of nitrogens with zero attached hydrogens (tertiary/aromatic N) is 2. The lowest BCUT2D eigenvalue weighted by molar-refractivity contribution is -0.153. The fourth-order valence-corrected chi connectivity index (χ4v) is 3.68. The Morgan fingerprint density at radius 2 is 1.81 bits per heavy atom. The molecule has 31 heavy (non-hydrogen) atoms. The Hall–Kier alpha value is -3.32. The van der Waals surface area contributed by atoms with Crippen molar-refractivity contribution in [1.29, 1.82) is 0 Å². The summed E-state index contributed by atoms with van der Waals surface area (Å²) in [6.45, 7) is 5.25. The molecule has 162 valence electrons. The maximum atomic E-state index is 12.4. The average Bonchev–Trinajstić information content (AvgIpc) is 3.22. The smallest absolute Gasteiger partial charge is 0.308 e. The average molecular weight is 421 g/mol. The number of fused-ring (bicyclic) bond motifs is 1. The maximum absolute atomic E-state index is 12.4. The van der Waals surface area contributed by atoms with Crippen molar-refractivity contribution in [1.82, 2.24) is 4.57 Å². The van der Waals surface area contributed by atoms with Crippen molar-refractivity contribution >= 4 is 34.2 Å². The van der Waals surface area contributed by atoms with Gasteiger partial charge in [0.25, 0.3) is 5.91 Å². The van der Waals surface area contributed by atoms with Crippen molar-refractivity contribution in [3.8, 4) is 0 Å². The molecule has 1 aromatic heterocycles. The van der Waals surface area contributed by atoms with E-state index in [-0.39, 0.29) is 12.3 Å². The molecule has 2 heterocycles. The lowest BCUT2D eigenvalue weighted by Crippen LogP contribution is -2.36. The molecule has 1 aliphatic heterocycles. The number of ether oxygens (including phenoxy) is 2. The lowest BCUT2D eigenvalue weighted by atomic mass is 10.2. The highest BCUT2D eigenvalue weighted by Gasteiger charge is 2.18. The quantitative estimate of drug-likeness (QED) is 0.592. The van der Waals surface area contributed by atoms with Crippen LogP contribution in [0.4, 0.5) is 11.4 Å². The molecule has 3 aromatic rings. The van der Waals surface area contributed by atoms with E-state index in [1.54, 1.807) is 6.92 Å². The van der Waals surface area contributed by atoms with Gasteiger partial charge in [0.05, 0.1) is 19.6 Å². The van der Waals surface area contributed by atoms with Crippen LogP contribution < -0.4 is 10.2 Å². The molecular formula is C24H27N3O4. The number of benzene rings is 2. The van der Waals surface area contributed by atoms with Crippen LogP contribution in [0.2, 0.25) is 0 Å². The van der Waals surface area contributed by atoms with Crippen LogP contribution in [0, 0.1) is 0 Å². The number of rotatable bonds is 7. The summed E-state index contributed by atoms with van der Waals surface area (Å²) in [5, 5.41) is 3.93. The van der Waals surface area contributed by atoms with Gasteiger partial charge in [-0.25, -0.2) is 0 Å². The number of hydrogen-bond acceptors (Lipinski definition) is 5. The van der Waals surface area contributed by atoms with Gasteiger partial charge in [0.15, 0.2) is 6.10 Å². The predicted octanol–water partition coefficient (Wildman–Crippen LogP) is 3.44. The molecule has 1 saturated heterocycles. The molecule has 1 fully saturated rings. The Balaban J connectivity index is 1.25. The molecule has 1 amide bonds. The summed E-state index contributed by atoms with van der Waals surface area (Å²) >= 11 is 0. The second-order valence-corrected chi connectivity index (χ2v) is 7.59. The highest BCUT2D eigenvalue weighted by Crippen LogP contribution is 2.19. The van der Waals surface area contributed by atoms with Crippen LogP contribution in [0.15, 0.2) is 60.8 Å². The van der Waals surface area contributed by atoms with Crippen molar-refractivity contribution in [2.24, 2.45) is 0 Å². The molecule has 0 radical (unpaired) electrons. The lowest BCUT2D eigenvalue weighted by Gasteiger charge is -2.28. The van der Waals surface area contributed by atoms with Gasteiger partial charge in [0.2, 0.25) is 0 Å². The third kappa shape index (κ3) is 5.24. The Morgan fingerprint density at radius 3 is 2.58 bits per heavy atom. The molecule has 7 nitrogen and oxygen atoms in total. The number of carbonyl (C=O) groups excluding carboxylic acids is 2. The number of hydrogen-bond donors (Lipinski definition) is 1. The highest BCUT2D eigenvalue weighted by molar-refractivity contribution is 5.95. The molecule has 1 atom stereocenters. The molecule has 0 aliphatic carbocycles. The summed E-state index contributed by atoms with van der Waals surface area (Å²) in [5.41, 5.74) is 2.84. The topological polar surface area (TPSA) is 72.8 Å². The molecule has 2 aromatic carbocycles. The summed E-state index contributed by atoms with van der Waals surface area (Å²) in [5.74, 6) is -0.748. The molecule has 1 N–H and O–H groups in total. The van der Waals surface area contributed by atoms with E-state index in [4.69, 9.17) is 9.47 Å². The van der Waals surface area contributed by atoms with E-state index in [2.05, 4.69) is 10.2 Å². The van der Waals surface area contributed by atoms with Crippen molar-refractivity contribution in [2.75, 3.05) is 36.5 Å². The van der Waals surface area contributed by atoms with E-state index >= 15 is 0 Å². The first-order valence-electron chi connectivity index (χ1n) is 10.6. The first-order valence-corrected chi connectivity index (χ1v) is 10.6. The fourth-order valence-electron chi connectivity index (χ4n) is 3.68. The van der Waals surface area contributed by atoms with Gasteiger partial charge >= 0.3 is 5.97 Å². The van der Waals surface area contributed by atoms with Crippen LogP contribution >= 0.6 is 0 Å². The fraction of sp³-hybridized carbons (Fsp3) is 0.333. The minimum absolute atomic E-state index is 0.199. The molecule has 0 saturated carbocycles. The molecule has 1 aliphatic rings. The van der Waals surface area contributed by atoms with Crippen LogP contribution in [-0.2, 0) is 25.6 Å². The van der Waals surface area contributed by atoms with Gasteiger partial charge in [-0.3, -0.25) is 9.59 Å². The second kappa shape index (κ2) is 9.66. The van der Waals surface area contributed by atoms with Gasteiger partial charge in [-0.1, -0.05) is 18.2 Å². The number of carbonyl (C=O) groups is 2. The number of amides is 1. The van der Waals surface area contributed by atoms with Crippen LogP contribution in [0.5, 0.6) is 0 Å². The van der Waals surface area contributed by atoms with E-state index in [0.717, 1.165) is 42.9 Å². The Kier molecular flexibility index (Phi) is 6.52. The van der Waals surface area contributed by atoms with Gasteiger partial charge in [-0.2, -0.15) is 0 Å². The summed E-state index contributed by atoms with van der Waals surface area (Å²) in [6, 6.07) is 17.7. The third-order valence-corrected chi connectivity index (χ3v) is 5.43. The summed E-state index contributed by atoms with van der Waals surface area (Å²) in [4.78, 5) is 26.9. The summed E-state index contributed by atoms with van der Waals surface area (Å²) in [7, 11) is 0. The number of aromatic nitrogens is 1. The molecular weight excluding hydrogens is 394 g/mol. The van der Waals surface area contributed by atoms with Crippen LogP contribution in [0.1, 0.15) is 13.3 Å². The van der Waals surface area contributed by atoms with Crippen molar-refractivity contribution in [3.63, 3.8) is 0 Å². The maximum Gasteiger partial charge on any atom is 0.308 e. The van der Waals surface area contributed by atoms with Crippen LogP contribution in [-0.4, -0.2) is 48.9 Å². The van der Waals surface area contributed by atoms with Crippen LogP contribution in [0.25, 0.3) is 10.9 Å². The SMILES string of the molecule is C[C@@H](OC(=O)CCn1ccc2ccccc21)C(=O)Nc1ccc(N2CCOCC2)cc1. The zero-order valence-corrected chi connectivity index (χ0v) is 17.6. The number of aryl methyl sites for hydroxylation is 1. The third-order valence-electron chi connectivity index (χ3n) is 5.43. The minimum Gasteiger partial charge on any atom is -0.452 e.